The van der Waals surface area contributed by atoms with Crippen LogP contribution in [0.1, 0.15) is 29.5 Å². The third-order valence-corrected chi connectivity index (χ3v) is 6.27. The second-order valence-corrected chi connectivity index (χ2v) is 8.45. The van der Waals surface area contributed by atoms with E-state index in [1.165, 1.54) is 41.6 Å². The van der Waals surface area contributed by atoms with Gasteiger partial charge in [-0.3, -0.25) is 0 Å². The van der Waals surface area contributed by atoms with E-state index in [0.717, 1.165) is 31.0 Å². The molecule has 5 rings (SSSR count). The fraction of sp³-hybridized carbons (Fsp3) is 0.286. The second-order valence-electron chi connectivity index (χ2n) is 8.45. The summed E-state index contributed by atoms with van der Waals surface area (Å²) in [5.41, 5.74) is 5.26. The van der Waals surface area contributed by atoms with Crippen LogP contribution in [0.15, 0.2) is 84.9 Å². The van der Waals surface area contributed by atoms with Crippen LogP contribution in [0.25, 0.3) is 5.57 Å². The lowest BCUT2D eigenvalue weighted by Crippen LogP contribution is -2.36. The summed E-state index contributed by atoms with van der Waals surface area (Å²) in [7, 11) is 0. The third-order valence-electron chi connectivity index (χ3n) is 6.27. The van der Waals surface area contributed by atoms with Crippen LogP contribution in [0, 0.1) is 5.92 Å². The van der Waals surface area contributed by atoms with Crippen molar-refractivity contribution in [3.8, 4) is 11.5 Å². The van der Waals surface area contributed by atoms with E-state index in [-0.39, 0.29) is 12.4 Å². The summed E-state index contributed by atoms with van der Waals surface area (Å²) in [5.74, 6) is 2.31. The quantitative estimate of drug-likeness (QED) is 0.447. The SMILES string of the molecule is C(=C(c1ccccc1)c1ccccc1)C1CCCN(CCc2ccc3c(c2)OCO3)C1.Cl. The number of benzene rings is 3. The van der Waals surface area contributed by atoms with Crippen molar-refractivity contribution < 1.29 is 9.47 Å². The van der Waals surface area contributed by atoms with E-state index >= 15 is 0 Å². The molecule has 1 fully saturated rings. The lowest BCUT2D eigenvalue weighted by molar-refractivity contribution is 0.174. The Hall–Kier alpha value is -2.75. The highest BCUT2D eigenvalue weighted by atomic mass is 35.5. The summed E-state index contributed by atoms with van der Waals surface area (Å²) in [6.45, 7) is 3.72. The zero-order valence-electron chi connectivity index (χ0n) is 18.3. The van der Waals surface area contributed by atoms with E-state index in [4.69, 9.17) is 9.47 Å². The molecule has 0 N–H and O–H groups in total. The van der Waals surface area contributed by atoms with Crippen molar-refractivity contribution in [2.75, 3.05) is 26.4 Å². The number of rotatable bonds is 6. The monoisotopic (exact) mass is 447 g/mol. The highest BCUT2D eigenvalue weighted by Gasteiger charge is 2.20. The third kappa shape index (κ3) is 5.35. The Bertz CT molecular complexity index is 994. The summed E-state index contributed by atoms with van der Waals surface area (Å²) >= 11 is 0. The highest BCUT2D eigenvalue weighted by Crippen LogP contribution is 2.33. The number of hydrogen-bond acceptors (Lipinski definition) is 3. The number of nitrogens with zero attached hydrogens (tertiary/aromatic N) is 1. The first-order valence-electron chi connectivity index (χ1n) is 11.3. The summed E-state index contributed by atoms with van der Waals surface area (Å²) in [5, 5.41) is 0. The van der Waals surface area contributed by atoms with Gasteiger partial charge in [-0.05, 0) is 66.1 Å². The van der Waals surface area contributed by atoms with Gasteiger partial charge in [-0.15, -0.1) is 12.4 Å². The van der Waals surface area contributed by atoms with Gasteiger partial charge in [-0.1, -0.05) is 72.8 Å². The number of likely N-dealkylation sites (tertiary alicyclic amines) is 1. The van der Waals surface area contributed by atoms with Gasteiger partial charge in [0, 0.05) is 13.1 Å². The Morgan fingerprint density at radius 3 is 2.28 bits per heavy atom. The topological polar surface area (TPSA) is 21.7 Å². The van der Waals surface area contributed by atoms with E-state index in [0.29, 0.717) is 12.7 Å². The minimum absolute atomic E-state index is 0. The van der Waals surface area contributed by atoms with Gasteiger partial charge in [0.2, 0.25) is 6.79 Å². The first kappa shape index (κ1) is 22.4. The maximum absolute atomic E-state index is 5.53. The Balaban J connectivity index is 0.00000245. The van der Waals surface area contributed by atoms with E-state index in [9.17, 15) is 0 Å². The molecule has 166 valence electrons. The summed E-state index contributed by atoms with van der Waals surface area (Å²) < 4.78 is 11.0. The van der Waals surface area contributed by atoms with Gasteiger partial charge < -0.3 is 14.4 Å². The first-order valence-corrected chi connectivity index (χ1v) is 11.3. The fourth-order valence-corrected chi connectivity index (χ4v) is 4.64. The number of halogens is 1. The minimum Gasteiger partial charge on any atom is -0.454 e. The predicted molar refractivity (Wildman–Crippen MR) is 133 cm³/mol. The van der Waals surface area contributed by atoms with Gasteiger partial charge in [-0.25, -0.2) is 0 Å². The molecule has 1 unspecified atom stereocenters. The Kier molecular flexibility index (Phi) is 7.51. The predicted octanol–water partition coefficient (Wildman–Crippen LogP) is 6.22. The Morgan fingerprint density at radius 2 is 1.56 bits per heavy atom. The highest BCUT2D eigenvalue weighted by molar-refractivity contribution is 5.85. The molecule has 3 nitrogen and oxygen atoms in total. The maximum atomic E-state index is 5.53. The number of piperidine rings is 1. The van der Waals surface area contributed by atoms with E-state index in [1.807, 2.05) is 6.07 Å². The molecule has 2 aliphatic heterocycles. The zero-order chi connectivity index (χ0) is 20.9. The summed E-state index contributed by atoms with van der Waals surface area (Å²) in [6.07, 6.45) is 6.05. The molecule has 1 saturated heterocycles. The molecule has 0 radical (unpaired) electrons. The molecule has 0 spiro atoms. The van der Waals surface area contributed by atoms with Gasteiger partial charge >= 0.3 is 0 Å². The van der Waals surface area contributed by atoms with Crippen LogP contribution in [-0.4, -0.2) is 31.3 Å². The molecule has 0 amide bonds. The number of ether oxygens (including phenoxy) is 2. The Labute approximate surface area is 197 Å². The summed E-state index contributed by atoms with van der Waals surface area (Å²) in [4.78, 5) is 2.61. The molecule has 0 saturated carbocycles. The van der Waals surface area contributed by atoms with Crippen LogP contribution >= 0.6 is 12.4 Å². The standard InChI is InChI=1S/C28H29NO2.ClH/c1-3-9-24(10-4-1)26(25-11-5-2-6-12-25)18-23-8-7-16-29(20-23)17-15-22-13-14-27-28(19-22)31-21-30-27;/h1-6,9-14,18-19,23H,7-8,15-17,20-21H2;1H. The van der Waals surface area contributed by atoms with Crippen LogP contribution < -0.4 is 9.47 Å². The van der Waals surface area contributed by atoms with Crippen LogP contribution in [0.5, 0.6) is 11.5 Å². The molecule has 3 aromatic carbocycles. The largest absolute Gasteiger partial charge is 0.454 e. The molecular weight excluding hydrogens is 418 g/mol. The van der Waals surface area contributed by atoms with Crippen molar-refractivity contribution in [1.29, 1.82) is 0 Å². The maximum Gasteiger partial charge on any atom is 0.231 e. The number of fused-ring (bicyclic) bond motifs is 1. The average molecular weight is 448 g/mol. The van der Waals surface area contributed by atoms with Crippen LogP contribution in [0.4, 0.5) is 0 Å². The van der Waals surface area contributed by atoms with E-state index in [2.05, 4.69) is 83.8 Å². The van der Waals surface area contributed by atoms with Gasteiger partial charge in [0.15, 0.2) is 11.5 Å². The molecule has 2 aliphatic rings. The van der Waals surface area contributed by atoms with Gasteiger partial charge in [0.05, 0.1) is 0 Å². The van der Waals surface area contributed by atoms with Gasteiger partial charge in [0.25, 0.3) is 0 Å². The van der Waals surface area contributed by atoms with Crippen molar-refractivity contribution in [2.24, 2.45) is 5.92 Å². The van der Waals surface area contributed by atoms with Crippen molar-refractivity contribution in [1.82, 2.24) is 4.90 Å². The zero-order valence-corrected chi connectivity index (χ0v) is 19.1. The van der Waals surface area contributed by atoms with Crippen LogP contribution in [0.2, 0.25) is 0 Å². The molecule has 0 bridgehead atoms. The molecule has 2 heterocycles. The molecule has 32 heavy (non-hydrogen) atoms. The van der Waals surface area contributed by atoms with Crippen molar-refractivity contribution in [3.05, 3.63) is 102 Å². The van der Waals surface area contributed by atoms with Crippen molar-refractivity contribution in [3.63, 3.8) is 0 Å². The van der Waals surface area contributed by atoms with Crippen molar-refractivity contribution in [2.45, 2.75) is 19.3 Å². The number of hydrogen-bond donors (Lipinski definition) is 0. The lowest BCUT2D eigenvalue weighted by Gasteiger charge is -2.32. The molecular formula is C28H30ClNO2. The van der Waals surface area contributed by atoms with Gasteiger partial charge in [-0.2, -0.15) is 0 Å². The van der Waals surface area contributed by atoms with Crippen molar-refractivity contribution >= 4 is 18.0 Å². The molecule has 1 atom stereocenters. The first-order chi connectivity index (χ1) is 15.3. The molecule has 3 aromatic rings. The average Bonchev–Trinajstić information content (AvgIpc) is 3.31. The second kappa shape index (κ2) is 10.7. The van der Waals surface area contributed by atoms with Crippen LogP contribution in [0.3, 0.4) is 0 Å². The van der Waals surface area contributed by atoms with Gasteiger partial charge in [0.1, 0.15) is 0 Å². The Morgan fingerprint density at radius 1 is 0.875 bits per heavy atom. The normalized spacial score (nSPS) is 17.4. The van der Waals surface area contributed by atoms with Crippen LogP contribution in [-0.2, 0) is 6.42 Å². The summed E-state index contributed by atoms with van der Waals surface area (Å²) in [6, 6.07) is 27.9. The molecule has 0 aromatic heterocycles. The molecule has 4 heteroatoms. The van der Waals surface area contributed by atoms with E-state index < -0.39 is 0 Å². The lowest BCUT2D eigenvalue weighted by atomic mass is 9.90. The van der Waals surface area contributed by atoms with E-state index in [1.54, 1.807) is 0 Å². The smallest absolute Gasteiger partial charge is 0.231 e. The fourth-order valence-electron chi connectivity index (χ4n) is 4.64. The molecule has 0 aliphatic carbocycles. The minimum atomic E-state index is 0.